The maximum atomic E-state index is 12.0. The van der Waals surface area contributed by atoms with Crippen molar-refractivity contribution in [3.05, 3.63) is 47.2 Å². The smallest absolute Gasteiger partial charge is 0.320 e. The summed E-state index contributed by atoms with van der Waals surface area (Å²) in [7, 11) is 1.77. The molecule has 1 aromatic carbocycles. The van der Waals surface area contributed by atoms with Gasteiger partial charge < -0.3 is 5.32 Å². The first-order chi connectivity index (χ1) is 9.99. The van der Waals surface area contributed by atoms with Gasteiger partial charge in [-0.3, -0.25) is 10.00 Å². The van der Waals surface area contributed by atoms with Crippen LogP contribution in [0.5, 0.6) is 0 Å². The lowest BCUT2D eigenvalue weighted by molar-refractivity contribution is 0.249. The molecule has 2 rings (SSSR count). The molecule has 0 aliphatic carbocycles. The number of hydrogen-bond acceptors (Lipinski definition) is 3. The van der Waals surface area contributed by atoms with Gasteiger partial charge in [0.2, 0.25) is 0 Å². The molecule has 0 radical (unpaired) electrons. The van der Waals surface area contributed by atoms with Gasteiger partial charge in [0, 0.05) is 13.1 Å². The third kappa shape index (κ3) is 3.60. The molecule has 2 N–H and O–H groups in total. The molecule has 1 aromatic heterocycles. The fourth-order valence-electron chi connectivity index (χ4n) is 2.01. The first-order valence-corrected chi connectivity index (χ1v) is 6.58. The molecule has 0 saturated carbocycles. The molecule has 6 nitrogen and oxygen atoms in total. The zero-order chi connectivity index (χ0) is 15.4. The van der Waals surface area contributed by atoms with Crippen molar-refractivity contribution in [1.82, 2.24) is 15.1 Å². The Balaban J connectivity index is 1.98. The number of nitriles is 1. The average Bonchev–Trinajstić information content (AvgIpc) is 2.76. The highest BCUT2D eigenvalue weighted by molar-refractivity contribution is 5.88. The number of amides is 2. The molecule has 1 unspecified atom stereocenters. The van der Waals surface area contributed by atoms with E-state index < -0.39 is 0 Å². The number of hydrogen-bond donors (Lipinski definition) is 2. The van der Waals surface area contributed by atoms with Crippen molar-refractivity contribution in [3.63, 3.8) is 0 Å². The normalized spacial score (nSPS) is 11.5. The molecule has 21 heavy (non-hydrogen) atoms. The van der Waals surface area contributed by atoms with E-state index >= 15 is 0 Å². The number of carbonyl (C=O) groups excluding carboxylic acids is 1. The largest absolute Gasteiger partial charge is 0.331 e. The van der Waals surface area contributed by atoms with Gasteiger partial charge in [0.1, 0.15) is 5.82 Å². The van der Waals surface area contributed by atoms with Gasteiger partial charge in [0.15, 0.2) is 0 Å². The Bertz CT molecular complexity index is 681. The fraction of sp³-hybridized carbons (Fsp3) is 0.267. The molecule has 6 heteroatoms. The predicted molar refractivity (Wildman–Crippen MR) is 79.7 cm³/mol. The Morgan fingerprint density at radius 2 is 2.05 bits per heavy atom. The molecule has 0 aliphatic rings. The van der Waals surface area contributed by atoms with Crippen LogP contribution < -0.4 is 10.6 Å². The average molecular weight is 283 g/mol. The number of carbonyl (C=O) groups is 1. The molecule has 108 valence electrons. The number of aromatic nitrogens is 2. The van der Waals surface area contributed by atoms with E-state index in [2.05, 4.69) is 21.8 Å². The van der Waals surface area contributed by atoms with Gasteiger partial charge in [-0.2, -0.15) is 10.4 Å². The molecule has 0 fully saturated rings. The summed E-state index contributed by atoms with van der Waals surface area (Å²) in [5.74, 6) is 0.636. The second kappa shape index (κ2) is 6.09. The summed E-state index contributed by atoms with van der Waals surface area (Å²) < 4.78 is 1.61. The van der Waals surface area contributed by atoms with Crippen LogP contribution in [0, 0.1) is 18.3 Å². The maximum Gasteiger partial charge on any atom is 0.320 e. The van der Waals surface area contributed by atoms with E-state index in [1.165, 1.54) is 0 Å². The van der Waals surface area contributed by atoms with Gasteiger partial charge in [-0.05, 0) is 31.5 Å². The van der Waals surface area contributed by atoms with Crippen LogP contribution in [0.3, 0.4) is 0 Å². The van der Waals surface area contributed by atoms with Gasteiger partial charge in [0.25, 0.3) is 0 Å². The summed E-state index contributed by atoms with van der Waals surface area (Å²) in [5, 5.41) is 18.5. The van der Waals surface area contributed by atoms with Crippen LogP contribution in [0.15, 0.2) is 30.3 Å². The lowest BCUT2D eigenvalue weighted by atomic mass is 10.1. The van der Waals surface area contributed by atoms with Gasteiger partial charge in [-0.15, -0.1) is 0 Å². The maximum absolute atomic E-state index is 12.0. The molecule has 0 spiro atoms. The Hall–Kier alpha value is -2.81. The Kier molecular flexibility index (Phi) is 4.24. The third-order valence-electron chi connectivity index (χ3n) is 3.13. The zero-order valence-corrected chi connectivity index (χ0v) is 12.2. The number of anilines is 1. The van der Waals surface area contributed by atoms with E-state index in [4.69, 9.17) is 5.26 Å². The summed E-state index contributed by atoms with van der Waals surface area (Å²) >= 11 is 0. The van der Waals surface area contributed by atoms with Crippen LogP contribution in [0.4, 0.5) is 10.6 Å². The molecule has 1 heterocycles. The summed E-state index contributed by atoms with van der Waals surface area (Å²) in [6.45, 7) is 3.75. The number of rotatable bonds is 3. The third-order valence-corrected chi connectivity index (χ3v) is 3.13. The monoisotopic (exact) mass is 283 g/mol. The number of nitrogens with one attached hydrogen (secondary N) is 2. The van der Waals surface area contributed by atoms with Gasteiger partial charge in [0.05, 0.1) is 23.4 Å². The van der Waals surface area contributed by atoms with Crippen LogP contribution in [-0.2, 0) is 7.05 Å². The summed E-state index contributed by atoms with van der Waals surface area (Å²) in [6, 6.07) is 10.5. The lowest BCUT2D eigenvalue weighted by Crippen LogP contribution is -2.31. The second-order valence-corrected chi connectivity index (χ2v) is 4.85. The van der Waals surface area contributed by atoms with Crippen LogP contribution in [0.25, 0.3) is 0 Å². The van der Waals surface area contributed by atoms with Crippen molar-refractivity contribution in [3.8, 4) is 6.07 Å². The summed E-state index contributed by atoms with van der Waals surface area (Å²) in [4.78, 5) is 12.0. The van der Waals surface area contributed by atoms with Gasteiger partial charge >= 0.3 is 6.03 Å². The molecular weight excluding hydrogens is 266 g/mol. The van der Waals surface area contributed by atoms with Crippen molar-refractivity contribution in [1.29, 1.82) is 5.26 Å². The van der Waals surface area contributed by atoms with Crippen LogP contribution in [0.1, 0.15) is 29.8 Å². The predicted octanol–water partition coefficient (Wildman–Crippen LogP) is 2.48. The van der Waals surface area contributed by atoms with E-state index in [-0.39, 0.29) is 12.1 Å². The quantitative estimate of drug-likeness (QED) is 0.907. The molecule has 0 aliphatic heterocycles. The van der Waals surface area contributed by atoms with Gasteiger partial charge in [-0.25, -0.2) is 4.79 Å². The highest BCUT2D eigenvalue weighted by Crippen LogP contribution is 2.14. The Morgan fingerprint density at radius 3 is 2.57 bits per heavy atom. The summed E-state index contributed by atoms with van der Waals surface area (Å²) in [6.07, 6.45) is 0. The number of benzene rings is 1. The molecular formula is C15H17N5O. The van der Waals surface area contributed by atoms with E-state index in [0.29, 0.717) is 11.4 Å². The van der Waals surface area contributed by atoms with Crippen molar-refractivity contribution in [2.24, 2.45) is 7.05 Å². The molecule has 2 amide bonds. The highest BCUT2D eigenvalue weighted by Gasteiger charge is 2.11. The first-order valence-electron chi connectivity index (χ1n) is 6.58. The Labute approximate surface area is 123 Å². The second-order valence-electron chi connectivity index (χ2n) is 4.85. The minimum atomic E-state index is -0.296. The lowest BCUT2D eigenvalue weighted by Gasteiger charge is -2.15. The van der Waals surface area contributed by atoms with Crippen molar-refractivity contribution in [2.45, 2.75) is 19.9 Å². The Morgan fingerprint density at radius 1 is 1.38 bits per heavy atom. The van der Waals surface area contributed by atoms with Gasteiger partial charge in [-0.1, -0.05) is 12.1 Å². The SMILES string of the molecule is Cc1cc(NC(=O)NC(C)c2ccc(C#N)cc2)n(C)n1. The fourth-order valence-corrected chi connectivity index (χ4v) is 2.01. The molecule has 0 saturated heterocycles. The topological polar surface area (TPSA) is 82.7 Å². The van der Waals surface area contributed by atoms with Crippen LogP contribution >= 0.6 is 0 Å². The summed E-state index contributed by atoms with van der Waals surface area (Å²) in [5.41, 5.74) is 2.37. The van der Waals surface area contributed by atoms with E-state index in [1.54, 1.807) is 29.9 Å². The van der Waals surface area contributed by atoms with Crippen molar-refractivity contribution in [2.75, 3.05) is 5.32 Å². The molecule has 1 atom stereocenters. The van der Waals surface area contributed by atoms with E-state index in [0.717, 1.165) is 11.3 Å². The van der Waals surface area contributed by atoms with Crippen LogP contribution in [0.2, 0.25) is 0 Å². The highest BCUT2D eigenvalue weighted by atomic mass is 16.2. The van der Waals surface area contributed by atoms with E-state index in [9.17, 15) is 4.79 Å². The molecule has 0 bridgehead atoms. The van der Waals surface area contributed by atoms with Crippen molar-refractivity contribution < 1.29 is 4.79 Å². The number of urea groups is 1. The molecule has 2 aromatic rings. The van der Waals surface area contributed by atoms with E-state index in [1.807, 2.05) is 26.0 Å². The minimum Gasteiger partial charge on any atom is -0.331 e. The standard InChI is InChI=1S/C15H17N5O/c1-10-8-14(20(3)19-10)18-15(21)17-11(2)13-6-4-12(9-16)5-7-13/h4-8,11H,1-3H3,(H2,17,18,21). The minimum absolute atomic E-state index is 0.160. The first kappa shape index (κ1) is 14.6. The number of nitrogens with zero attached hydrogens (tertiary/aromatic N) is 3. The van der Waals surface area contributed by atoms with Crippen LogP contribution in [-0.4, -0.2) is 15.8 Å². The number of aryl methyl sites for hydroxylation is 2. The van der Waals surface area contributed by atoms with Crippen molar-refractivity contribution >= 4 is 11.8 Å². The zero-order valence-electron chi connectivity index (χ0n) is 12.2.